The molecule has 168 valence electrons. The van der Waals surface area contributed by atoms with Crippen LogP contribution in [0.4, 0.5) is 11.4 Å². The van der Waals surface area contributed by atoms with Crippen molar-refractivity contribution in [3.8, 4) is 17.2 Å². The van der Waals surface area contributed by atoms with E-state index in [1.54, 1.807) is 24.8 Å². The summed E-state index contributed by atoms with van der Waals surface area (Å²) in [6.07, 6.45) is 9.52. The second-order valence-corrected chi connectivity index (χ2v) is 9.09. The van der Waals surface area contributed by atoms with Crippen LogP contribution in [-0.4, -0.2) is 21.3 Å². The SMILES string of the molecule is Cc1noc(C)c1-c1cc2c(c(C(C#N)(c3cccnc3)c3cccnc3)c1)NC(C1CC1)N2. The fraction of sp³-hybridized carbons (Fsp3) is 0.259. The van der Waals surface area contributed by atoms with E-state index in [-0.39, 0.29) is 6.17 Å². The first-order valence-corrected chi connectivity index (χ1v) is 11.5. The Morgan fingerprint density at radius 3 is 2.26 bits per heavy atom. The molecule has 0 spiro atoms. The number of hydrogen-bond donors (Lipinski definition) is 2. The maximum Gasteiger partial charge on any atom is 0.141 e. The molecule has 1 saturated carbocycles. The highest BCUT2D eigenvalue weighted by atomic mass is 16.5. The molecular formula is C27H24N6O. The van der Waals surface area contributed by atoms with E-state index in [2.05, 4.69) is 44.0 Å². The minimum atomic E-state index is -1.12. The summed E-state index contributed by atoms with van der Waals surface area (Å²) < 4.78 is 5.49. The summed E-state index contributed by atoms with van der Waals surface area (Å²) in [6.45, 7) is 3.86. The maximum absolute atomic E-state index is 10.9. The van der Waals surface area contributed by atoms with Crippen LogP contribution in [0.3, 0.4) is 0 Å². The highest BCUT2D eigenvalue weighted by molar-refractivity contribution is 5.88. The van der Waals surface area contributed by atoms with E-state index in [1.807, 2.05) is 38.1 Å². The van der Waals surface area contributed by atoms with E-state index in [0.717, 1.165) is 50.6 Å². The highest BCUT2D eigenvalue weighted by Gasteiger charge is 2.44. The normalized spacial score (nSPS) is 16.9. The average Bonchev–Trinajstić information content (AvgIpc) is 3.55. The van der Waals surface area contributed by atoms with Crippen LogP contribution in [0.2, 0.25) is 0 Å². The Kier molecular flexibility index (Phi) is 4.63. The number of aromatic nitrogens is 3. The van der Waals surface area contributed by atoms with Gasteiger partial charge in [-0.25, -0.2) is 0 Å². The highest BCUT2D eigenvalue weighted by Crippen LogP contribution is 2.50. The van der Waals surface area contributed by atoms with Crippen LogP contribution in [0.5, 0.6) is 0 Å². The third-order valence-corrected chi connectivity index (χ3v) is 6.93. The van der Waals surface area contributed by atoms with Crippen molar-refractivity contribution in [2.24, 2.45) is 5.92 Å². The minimum absolute atomic E-state index is 0.146. The molecule has 0 amide bonds. The number of nitriles is 1. The minimum Gasteiger partial charge on any atom is -0.363 e. The van der Waals surface area contributed by atoms with Crippen LogP contribution >= 0.6 is 0 Å². The summed E-state index contributed by atoms with van der Waals surface area (Å²) in [4.78, 5) is 8.73. The van der Waals surface area contributed by atoms with Crippen molar-refractivity contribution in [2.75, 3.05) is 10.6 Å². The summed E-state index contributed by atoms with van der Waals surface area (Å²) >= 11 is 0. The Hall–Kier alpha value is -4.18. The quantitative estimate of drug-likeness (QED) is 0.434. The molecule has 34 heavy (non-hydrogen) atoms. The molecule has 1 unspecified atom stereocenters. The van der Waals surface area contributed by atoms with Gasteiger partial charge in [0, 0.05) is 35.9 Å². The zero-order valence-corrected chi connectivity index (χ0v) is 19.0. The molecule has 6 rings (SSSR count). The number of nitrogens with zero attached hydrogens (tertiary/aromatic N) is 4. The number of benzene rings is 1. The number of rotatable bonds is 5. The Morgan fingerprint density at radius 2 is 1.74 bits per heavy atom. The Labute approximate surface area is 197 Å². The first-order valence-electron chi connectivity index (χ1n) is 11.5. The zero-order valence-electron chi connectivity index (χ0n) is 19.0. The van der Waals surface area contributed by atoms with E-state index < -0.39 is 5.41 Å². The molecule has 4 heterocycles. The Balaban J connectivity index is 1.67. The first kappa shape index (κ1) is 20.4. The van der Waals surface area contributed by atoms with Gasteiger partial charge < -0.3 is 15.2 Å². The van der Waals surface area contributed by atoms with E-state index in [1.165, 1.54) is 12.8 Å². The lowest BCUT2D eigenvalue weighted by Crippen LogP contribution is -2.30. The van der Waals surface area contributed by atoms with Gasteiger partial charge in [-0.15, -0.1) is 0 Å². The average molecular weight is 449 g/mol. The van der Waals surface area contributed by atoms with Gasteiger partial charge in [0.15, 0.2) is 0 Å². The number of hydrogen-bond acceptors (Lipinski definition) is 7. The molecule has 7 heteroatoms. The van der Waals surface area contributed by atoms with Crippen molar-refractivity contribution < 1.29 is 4.52 Å². The molecule has 7 nitrogen and oxygen atoms in total. The van der Waals surface area contributed by atoms with Crippen LogP contribution in [0.25, 0.3) is 11.1 Å². The van der Waals surface area contributed by atoms with Gasteiger partial charge in [0.05, 0.1) is 29.3 Å². The van der Waals surface area contributed by atoms with Gasteiger partial charge >= 0.3 is 0 Å². The number of fused-ring (bicyclic) bond motifs is 1. The maximum atomic E-state index is 10.9. The lowest BCUT2D eigenvalue weighted by Gasteiger charge is -2.30. The predicted molar refractivity (Wildman–Crippen MR) is 129 cm³/mol. The third kappa shape index (κ3) is 3.06. The smallest absolute Gasteiger partial charge is 0.141 e. The van der Waals surface area contributed by atoms with Gasteiger partial charge in [-0.3, -0.25) is 9.97 Å². The predicted octanol–water partition coefficient (Wildman–Crippen LogP) is 5.18. The lowest BCUT2D eigenvalue weighted by molar-refractivity contribution is 0.393. The van der Waals surface area contributed by atoms with Gasteiger partial charge in [0.1, 0.15) is 11.2 Å². The molecule has 0 saturated heterocycles. The van der Waals surface area contributed by atoms with Crippen molar-refractivity contribution in [3.05, 3.63) is 89.3 Å². The Bertz CT molecular complexity index is 1340. The fourth-order valence-electron chi connectivity index (χ4n) is 5.11. The van der Waals surface area contributed by atoms with Crippen LogP contribution < -0.4 is 10.6 Å². The van der Waals surface area contributed by atoms with E-state index in [4.69, 9.17) is 4.52 Å². The second-order valence-electron chi connectivity index (χ2n) is 9.09. The molecule has 0 radical (unpaired) electrons. The van der Waals surface area contributed by atoms with Gasteiger partial charge in [-0.2, -0.15) is 5.26 Å². The van der Waals surface area contributed by atoms with E-state index >= 15 is 0 Å². The first-order chi connectivity index (χ1) is 16.6. The largest absolute Gasteiger partial charge is 0.363 e. The molecule has 1 fully saturated rings. The van der Waals surface area contributed by atoms with Crippen LogP contribution in [-0.2, 0) is 5.41 Å². The molecule has 1 aliphatic heterocycles. The van der Waals surface area contributed by atoms with Crippen molar-refractivity contribution in [3.63, 3.8) is 0 Å². The summed E-state index contributed by atoms with van der Waals surface area (Å²) in [5, 5.41) is 22.5. The number of aryl methyl sites for hydroxylation is 2. The zero-order chi connectivity index (χ0) is 23.3. The van der Waals surface area contributed by atoms with Crippen molar-refractivity contribution in [2.45, 2.75) is 38.3 Å². The lowest BCUT2D eigenvalue weighted by atomic mass is 9.70. The molecular weight excluding hydrogens is 424 g/mol. The number of pyridine rings is 2. The second kappa shape index (κ2) is 7.70. The van der Waals surface area contributed by atoms with Gasteiger partial charge in [0.2, 0.25) is 0 Å². The van der Waals surface area contributed by atoms with Crippen molar-refractivity contribution >= 4 is 11.4 Å². The van der Waals surface area contributed by atoms with E-state index in [0.29, 0.717) is 5.92 Å². The monoisotopic (exact) mass is 448 g/mol. The Morgan fingerprint density at radius 1 is 1.03 bits per heavy atom. The molecule has 0 bridgehead atoms. The van der Waals surface area contributed by atoms with Crippen LogP contribution in [0.1, 0.15) is 41.0 Å². The third-order valence-electron chi connectivity index (χ3n) is 6.93. The fourth-order valence-corrected chi connectivity index (χ4v) is 5.11. The molecule has 1 aliphatic carbocycles. The molecule has 3 aromatic heterocycles. The van der Waals surface area contributed by atoms with Crippen molar-refractivity contribution in [1.82, 2.24) is 15.1 Å². The number of nitrogens with one attached hydrogen (secondary N) is 2. The topological polar surface area (TPSA) is 99.7 Å². The van der Waals surface area contributed by atoms with Gasteiger partial charge in [0.25, 0.3) is 0 Å². The molecule has 2 aliphatic rings. The molecule has 1 atom stereocenters. The summed E-state index contributed by atoms with van der Waals surface area (Å²) in [5.41, 5.74) is 5.99. The molecule has 2 N–H and O–H groups in total. The van der Waals surface area contributed by atoms with Crippen molar-refractivity contribution in [1.29, 1.82) is 5.26 Å². The van der Waals surface area contributed by atoms with E-state index in [9.17, 15) is 5.26 Å². The van der Waals surface area contributed by atoms with Gasteiger partial charge in [-0.1, -0.05) is 17.3 Å². The number of anilines is 2. The van der Waals surface area contributed by atoms with Crippen LogP contribution in [0.15, 0.2) is 65.7 Å². The molecule has 1 aromatic carbocycles. The van der Waals surface area contributed by atoms with Crippen LogP contribution in [0, 0.1) is 31.1 Å². The molecule has 4 aromatic rings. The summed E-state index contributed by atoms with van der Waals surface area (Å²) in [7, 11) is 0. The standard InChI is InChI=1S/C27H24N6O/c1-16-24(17(2)34-33-16)19-11-22(25-23(12-19)31-26(32-25)18-7-8-18)27(15-28,20-5-3-9-29-13-20)21-6-4-10-30-14-21/h3-6,9-14,18,26,31-32H,7-8H2,1-2H3. The summed E-state index contributed by atoms with van der Waals surface area (Å²) in [6, 6.07) is 14.6. The van der Waals surface area contributed by atoms with Gasteiger partial charge in [-0.05, 0) is 73.6 Å². The summed E-state index contributed by atoms with van der Waals surface area (Å²) in [5.74, 6) is 1.33.